The first-order chi connectivity index (χ1) is 13.4. The van der Waals surface area contributed by atoms with E-state index in [-0.39, 0.29) is 16.9 Å². The van der Waals surface area contributed by atoms with E-state index in [2.05, 4.69) is 9.97 Å². The smallest absolute Gasteiger partial charge is 0.411 e. The van der Waals surface area contributed by atoms with E-state index in [0.29, 0.717) is 16.0 Å². The minimum atomic E-state index is -3.14. The Morgan fingerprint density at radius 3 is 2.83 bits per heavy atom. The van der Waals surface area contributed by atoms with Crippen molar-refractivity contribution in [3.8, 4) is 0 Å². The van der Waals surface area contributed by atoms with Crippen LogP contribution in [0.2, 0.25) is 5.02 Å². The van der Waals surface area contributed by atoms with Crippen molar-refractivity contribution in [1.29, 1.82) is 0 Å². The number of nitrogens with one attached hydrogen (secondary N) is 1. The second-order valence-electron chi connectivity index (χ2n) is 8.06. The lowest BCUT2D eigenvalue weighted by molar-refractivity contribution is -0.00248. The maximum atomic E-state index is 14.2. The Bertz CT molecular complexity index is 1180. The molecule has 1 saturated heterocycles. The number of alkyl halides is 2. The molecule has 0 bridgehead atoms. The Balaban J connectivity index is 1.83. The van der Waals surface area contributed by atoms with Crippen LogP contribution in [0.15, 0.2) is 27.4 Å². The number of carbonyl (C=O) groups excluding carboxylic acids is 1. The molecule has 1 N–H and O–H groups in total. The van der Waals surface area contributed by atoms with E-state index in [1.807, 2.05) is 0 Å². The third kappa shape index (κ3) is 3.66. The van der Waals surface area contributed by atoms with E-state index < -0.39 is 42.2 Å². The number of carbonyl (C=O) groups is 1. The number of likely N-dealkylation sites (tertiary alicyclic amines) is 1. The molecule has 10 heteroatoms. The second kappa shape index (κ2) is 6.41. The zero-order valence-electron chi connectivity index (χ0n) is 15.9. The van der Waals surface area contributed by atoms with Gasteiger partial charge in [0.15, 0.2) is 0 Å². The first-order valence-corrected chi connectivity index (χ1v) is 9.31. The van der Waals surface area contributed by atoms with Gasteiger partial charge in [-0.3, -0.25) is 9.69 Å². The highest BCUT2D eigenvalue weighted by molar-refractivity contribution is 6.31. The van der Waals surface area contributed by atoms with Gasteiger partial charge in [-0.2, -0.15) is 0 Å². The fourth-order valence-electron chi connectivity index (χ4n) is 3.37. The summed E-state index contributed by atoms with van der Waals surface area (Å²) in [6.45, 7) is 4.09. The molecule has 154 valence electrons. The SMILES string of the molecule is CC(C)(C)OC(=O)N1CC(F)(F)C[C@@H]1c1nc2c(oc3ccc(Cl)cc32)c(=O)[nH]1. The van der Waals surface area contributed by atoms with E-state index >= 15 is 0 Å². The van der Waals surface area contributed by atoms with Crippen LogP contribution in [0.1, 0.15) is 39.1 Å². The Labute approximate surface area is 168 Å². The number of hydrogen-bond donors (Lipinski definition) is 1. The van der Waals surface area contributed by atoms with Gasteiger partial charge in [0.2, 0.25) is 5.58 Å². The predicted molar refractivity (Wildman–Crippen MR) is 102 cm³/mol. The van der Waals surface area contributed by atoms with Crippen molar-refractivity contribution in [3.63, 3.8) is 0 Å². The number of H-pyrrole nitrogens is 1. The van der Waals surface area contributed by atoms with E-state index in [4.69, 9.17) is 20.8 Å². The van der Waals surface area contributed by atoms with Crippen LogP contribution in [0.25, 0.3) is 22.1 Å². The number of halogens is 3. The molecule has 0 radical (unpaired) electrons. The molecule has 1 fully saturated rings. The second-order valence-corrected chi connectivity index (χ2v) is 8.49. The number of aromatic nitrogens is 2. The molecule has 0 aliphatic carbocycles. The summed E-state index contributed by atoms with van der Waals surface area (Å²) in [6.07, 6.45) is -1.58. The number of benzene rings is 1. The molecule has 3 aromatic rings. The van der Waals surface area contributed by atoms with Crippen molar-refractivity contribution >= 4 is 39.8 Å². The lowest BCUT2D eigenvalue weighted by Crippen LogP contribution is -2.38. The lowest BCUT2D eigenvalue weighted by Gasteiger charge is -2.27. The van der Waals surface area contributed by atoms with Crippen LogP contribution in [0.4, 0.5) is 13.6 Å². The molecule has 0 saturated carbocycles. The predicted octanol–water partition coefficient (Wildman–Crippen LogP) is 4.64. The van der Waals surface area contributed by atoms with Crippen LogP contribution < -0.4 is 5.56 Å². The molecule has 1 aliphatic heterocycles. The van der Waals surface area contributed by atoms with Crippen LogP contribution in [0, 0.1) is 0 Å². The molecule has 1 aliphatic rings. The lowest BCUT2D eigenvalue weighted by atomic mass is 10.1. The van der Waals surface area contributed by atoms with Gasteiger partial charge in [0.25, 0.3) is 11.5 Å². The Kier molecular flexibility index (Phi) is 4.34. The van der Waals surface area contributed by atoms with E-state index in [1.165, 1.54) is 0 Å². The molecule has 4 rings (SSSR count). The molecule has 0 spiro atoms. The molecule has 1 atom stereocenters. The van der Waals surface area contributed by atoms with Crippen molar-refractivity contribution < 1.29 is 22.7 Å². The van der Waals surface area contributed by atoms with E-state index in [0.717, 1.165) is 4.90 Å². The number of fused-ring (bicyclic) bond motifs is 3. The molecular weight excluding hydrogens is 408 g/mol. The third-order valence-electron chi connectivity index (χ3n) is 4.52. The molecule has 3 heterocycles. The Hall–Kier alpha value is -2.68. The molecule has 7 nitrogen and oxygen atoms in total. The quantitative estimate of drug-likeness (QED) is 0.613. The third-order valence-corrected chi connectivity index (χ3v) is 4.75. The maximum absolute atomic E-state index is 14.2. The average Bonchev–Trinajstić information content (AvgIpc) is 3.11. The first kappa shape index (κ1) is 19.6. The first-order valence-electron chi connectivity index (χ1n) is 8.93. The number of ether oxygens (including phenoxy) is 1. The van der Waals surface area contributed by atoms with Crippen molar-refractivity contribution in [2.45, 2.75) is 44.8 Å². The summed E-state index contributed by atoms with van der Waals surface area (Å²) in [4.78, 5) is 32.8. The van der Waals surface area contributed by atoms with Crippen LogP contribution in [-0.2, 0) is 4.74 Å². The summed E-state index contributed by atoms with van der Waals surface area (Å²) in [5.41, 5.74) is -0.945. The zero-order chi connectivity index (χ0) is 21.1. The molecule has 29 heavy (non-hydrogen) atoms. The van der Waals surface area contributed by atoms with Crippen LogP contribution >= 0.6 is 11.6 Å². The molecular formula is C19H18ClF2N3O4. The van der Waals surface area contributed by atoms with Gasteiger partial charge in [0.1, 0.15) is 22.5 Å². The Morgan fingerprint density at radius 1 is 1.41 bits per heavy atom. The van der Waals surface area contributed by atoms with Crippen LogP contribution in [-0.4, -0.2) is 39.0 Å². The highest BCUT2D eigenvalue weighted by atomic mass is 35.5. The summed E-state index contributed by atoms with van der Waals surface area (Å²) < 4.78 is 39.1. The van der Waals surface area contributed by atoms with Crippen molar-refractivity contribution in [2.75, 3.05) is 6.54 Å². The van der Waals surface area contributed by atoms with Crippen LogP contribution in [0.3, 0.4) is 0 Å². The molecule has 1 amide bonds. The van der Waals surface area contributed by atoms with E-state index in [1.54, 1.807) is 39.0 Å². The number of hydrogen-bond acceptors (Lipinski definition) is 5. The van der Waals surface area contributed by atoms with E-state index in [9.17, 15) is 18.4 Å². The summed E-state index contributed by atoms with van der Waals surface area (Å²) >= 11 is 6.02. The summed E-state index contributed by atoms with van der Waals surface area (Å²) in [5.74, 6) is -3.20. The van der Waals surface area contributed by atoms with Gasteiger partial charge < -0.3 is 14.1 Å². The van der Waals surface area contributed by atoms with Gasteiger partial charge in [-0.1, -0.05) is 11.6 Å². The normalized spacial score (nSPS) is 19.2. The van der Waals surface area contributed by atoms with Gasteiger partial charge >= 0.3 is 6.09 Å². The fraction of sp³-hybridized carbons (Fsp3) is 0.421. The van der Waals surface area contributed by atoms with Gasteiger partial charge in [-0.25, -0.2) is 18.6 Å². The number of nitrogens with zero attached hydrogens (tertiary/aromatic N) is 2. The van der Waals surface area contributed by atoms with Crippen LogP contribution in [0.5, 0.6) is 0 Å². The molecule has 1 aromatic carbocycles. The minimum Gasteiger partial charge on any atom is -0.449 e. The summed E-state index contributed by atoms with van der Waals surface area (Å²) in [7, 11) is 0. The summed E-state index contributed by atoms with van der Waals surface area (Å²) in [6, 6.07) is 3.62. The average molecular weight is 426 g/mol. The van der Waals surface area contributed by atoms with Crippen molar-refractivity contribution in [3.05, 3.63) is 39.4 Å². The maximum Gasteiger partial charge on any atom is 0.411 e. The zero-order valence-corrected chi connectivity index (χ0v) is 16.6. The minimum absolute atomic E-state index is 0.0420. The molecule has 2 aromatic heterocycles. The number of aromatic amines is 1. The van der Waals surface area contributed by atoms with Crippen molar-refractivity contribution in [1.82, 2.24) is 14.9 Å². The topological polar surface area (TPSA) is 88.4 Å². The summed E-state index contributed by atoms with van der Waals surface area (Å²) in [5, 5.41) is 0.889. The number of rotatable bonds is 1. The van der Waals surface area contributed by atoms with Gasteiger partial charge in [-0.05, 0) is 39.0 Å². The monoisotopic (exact) mass is 425 g/mol. The van der Waals surface area contributed by atoms with Crippen molar-refractivity contribution in [2.24, 2.45) is 0 Å². The largest absolute Gasteiger partial charge is 0.449 e. The fourth-order valence-corrected chi connectivity index (χ4v) is 3.55. The van der Waals surface area contributed by atoms with Gasteiger partial charge in [0.05, 0.1) is 12.6 Å². The number of amides is 1. The molecule has 0 unspecified atom stereocenters. The number of furan rings is 1. The highest BCUT2D eigenvalue weighted by Gasteiger charge is 2.50. The Morgan fingerprint density at radius 2 is 2.14 bits per heavy atom. The standard InChI is InChI=1S/C19H18ClF2N3O4/c1-18(2,3)29-17(27)25-8-19(21,22)7-11(25)15-23-13-10-6-9(20)4-5-12(10)28-14(13)16(26)24-15/h4-6,11H,7-8H2,1-3H3,(H,23,24,26)/t11-/m1/s1. The van der Waals surface area contributed by atoms with Gasteiger partial charge in [0, 0.05) is 16.8 Å². The van der Waals surface area contributed by atoms with Gasteiger partial charge in [-0.15, -0.1) is 0 Å². The highest BCUT2D eigenvalue weighted by Crippen LogP contribution is 2.41.